The molecule has 0 aliphatic rings. The van der Waals surface area contributed by atoms with E-state index in [4.69, 9.17) is 11.6 Å². The maximum atomic E-state index is 13.5. The number of aliphatic hydroxyl groups excluding tert-OH is 1. The van der Waals surface area contributed by atoms with Gasteiger partial charge in [0.2, 0.25) is 0 Å². The van der Waals surface area contributed by atoms with Gasteiger partial charge in [-0.1, -0.05) is 29.8 Å². The topological polar surface area (TPSA) is 49.3 Å². The first-order valence-electron chi connectivity index (χ1n) is 6.56. The molecular weight excluding hydrogens is 325 g/mol. The highest BCUT2D eigenvalue weighted by Gasteiger charge is 2.18. The molecule has 2 N–H and O–H groups in total. The molecule has 0 saturated heterocycles. The predicted molar refractivity (Wildman–Crippen MR) is 86.9 cm³/mol. The second-order valence-electron chi connectivity index (χ2n) is 4.58. The van der Waals surface area contributed by atoms with E-state index >= 15 is 0 Å². The molecule has 22 heavy (non-hydrogen) atoms. The lowest BCUT2D eigenvalue weighted by molar-refractivity contribution is 0.0913. The summed E-state index contributed by atoms with van der Waals surface area (Å²) in [7, 11) is 0. The van der Waals surface area contributed by atoms with E-state index in [9.17, 15) is 14.3 Å². The first kappa shape index (κ1) is 16.8. The molecule has 2 aromatic rings. The van der Waals surface area contributed by atoms with Crippen molar-refractivity contribution in [3.05, 3.63) is 64.4 Å². The minimum atomic E-state index is -0.700. The first-order chi connectivity index (χ1) is 10.6. The van der Waals surface area contributed by atoms with Crippen LogP contribution in [0.15, 0.2) is 47.4 Å². The Kier molecular flexibility index (Phi) is 5.83. The zero-order chi connectivity index (χ0) is 16.1. The average Bonchev–Trinajstić information content (AvgIpc) is 2.55. The molecule has 0 aliphatic carbocycles. The predicted octanol–water partition coefficient (Wildman–Crippen LogP) is 3.66. The van der Waals surface area contributed by atoms with E-state index in [0.29, 0.717) is 11.1 Å². The van der Waals surface area contributed by atoms with Crippen molar-refractivity contribution in [2.75, 3.05) is 12.9 Å². The Morgan fingerprint density at radius 1 is 1.36 bits per heavy atom. The fourth-order valence-corrected chi connectivity index (χ4v) is 2.74. The van der Waals surface area contributed by atoms with Gasteiger partial charge in [0.25, 0.3) is 5.91 Å². The molecule has 1 atom stereocenters. The third-order valence-electron chi connectivity index (χ3n) is 3.19. The molecule has 2 rings (SSSR count). The summed E-state index contributed by atoms with van der Waals surface area (Å²) in [6.07, 6.45) is 1.88. The third-order valence-corrected chi connectivity index (χ3v) is 4.29. The average molecular weight is 340 g/mol. The van der Waals surface area contributed by atoms with E-state index in [1.165, 1.54) is 23.9 Å². The van der Waals surface area contributed by atoms with Crippen molar-refractivity contribution < 1.29 is 14.3 Å². The van der Waals surface area contributed by atoms with Crippen LogP contribution in [0.2, 0.25) is 5.02 Å². The van der Waals surface area contributed by atoms with Gasteiger partial charge in [0.1, 0.15) is 5.82 Å². The van der Waals surface area contributed by atoms with Gasteiger partial charge in [-0.2, -0.15) is 0 Å². The lowest BCUT2D eigenvalue weighted by atomic mass is 10.1. The number of halogens is 2. The van der Waals surface area contributed by atoms with E-state index in [1.807, 2.05) is 18.4 Å². The summed E-state index contributed by atoms with van der Waals surface area (Å²) in [5.41, 5.74) is 0.974. The molecule has 116 valence electrons. The van der Waals surface area contributed by atoms with Gasteiger partial charge in [0.05, 0.1) is 23.2 Å². The van der Waals surface area contributed by atoms with E-state index in [-0.39, 0.29) is 17.5 Å². The fourth-order valence-electron chi connectivity index (χ4n) is 2.03. The molecule has 1 amide bonds. The van der Waals surface area contributed by atoms with Gasteiger partial charge in [-0.3, -0.25) is 4.79 Å². The Morgan fingerprint density at radius 3 is 2.73 bits per heavy atom. The van der Waals surface area contributed by atoms with E-state index < -0.39 is 11.9 Å². The standard InChI is InChI=1S/C16H15ClFNO2S/c1-22-15-5-3-2-4-11(15)16(21)19-14(9-20)10-6-7-12(17)13(18)8-10/h2-8,14,20H,9H2,1H3,(H,19,21)/t14-/m1/s1. The first-order valence-corrected chi connectivity index (χ1v) is 8.16. The highest BCUT2D eigenvalue weighted by atomic mass is 35.5. The third kappa shape index (κ3) is 3.80. The molecule has 0 aliphatic heterocycles. The van der Waals surface area contributed by atoms with Crippen LogP contribution in [-0.2, 0) is 0 Å². The Balaban J connectivity index is 2.22. The van der Waals surface area contributed by atoms with Crippen LogP contribution in [0.5, 0.6) is 0 Å². The van der Waals surface area contributed by atoms with Gasteiger partial charge in [-0.25, -0.2) is 4.39 Å². The minimum absolute atomic E-state index is 0.000468. The molecule has 0 heterocycles. The molecule has 6 heteroatoms. The molecule has 0 fully saturated rings. The van der Waals surface area contributed by atoms with Crippen LogP contribution in [0.3, 0.4) is 0 Å². The molecular formula is C16H15ClFNO2S. The summed E-state index contributed by atoms with van der Waals surface area (Å²) < 4.78 is 13.5. The van der Waals surface area contributed by atoms with Crippen molar-refractivity contribution in [2.45, 2.75) is 10.9 Å². The Bertz CT molecular complexity index is 681. The van der Waals surface area contributed by atoms with Gasteiger partial charge >= 0.3 is 0 Å². The summed E-state index contributed by atoms with van der Waals surface area (Å²) in [5.74, 6) is -0.907. The SMILES string of the molecule is CSc1ccccc1C(=O)N[C@H](CO)c1ccc(Cl)c(F)c1. The molecule has 2 aromatic carbocycles. The number of hydrogen-bond acceptors (Lipinski definition) is 3. The van der Waals surface area contributed by atoms with E-state index in [0.717, 1.165) is 4.90 Å². The number of hydrogen-bond donors (Lipinski definition) is 2. The van der Waals surface area contributed by atoms with Crippen LogP contribution in [0.4, 0.5) is 4.39 Å². The largest absolute Gasteiger partial charge is 0.394 e. The highest BCUT2D eigenvalue weighted by molar-refractivity contribution is 7.98. The number of thioether (sulfide) groups is 1. The number of nitrogens with one attached hydrogen (secondary N) is 1. The van der Waals surface area contributed by atoms with Crippen LogP contribution < -0.4 is 5.32 Å². The van der Waals surface area contributed by atoms with Crippen molar-refractivity contribution in [3.63, 3.8) is 0 Å². The maximum Gasteiger partial charge on any atom is 0.252 e. The minimum Gasteiger partial charge on any atom is -0.394 e. The van der Waals surface area contributed by atoms with E-state index in [2.05, 4.69) is 5.32 Å². The zero-order valence-electron chi connectivity index (χ0n) is 11.8. The molecule has 0 aromatic heterocycles. The van der Waals surface area contributed by atoms with Crippen molar-refractivity contribution in [3.8, 4) is 0 Å². The number of carbonyl (C=O) groups excluding carboxylic acids is 1. The van der Waals surface area contributed by atoms with Gasteiger partial charge < -0.3 is 10.4 Å². The second kappa shape index (κ2) is 7.63. The Labute approximate surface area is 137 Å². The fraction of sp³-hybridized carbons (Fsp3) is 0.188. The summed E-state index contributed by atoms with van der Waals surface area (Å²) in [5, 5.41) is 12.2. The quantitative estimate of drug-likeness (QED) is 0.817. The smallest absolute Gasteiger partial charge is 0.252 e. The lowest BCUT2D eigenvalue weighted by Crippen LogP contribution is -2.31. The van der Waals surface area contributed by atoms with Gasteiger partial charge in [0.15, 0.2) is 0 Å². The van der Waals surface area contributed by atoms with Crippen molar-refractivity contribution >= 4 is 29.3 Å². The van der Waals surface area contributed by atoms with Crippen LogP contribution in [-0.4, -0.2) is 23.9 Å². The second-order valence-corrected chi connectivity index (χ2v) is 5.84. The Morgan fingerprint density at radius 2 is 2.09 bits per heavy atom. The molecule has 0 saturated carbocycles. The number of rotatable bonds is 5. The number of carbonyl (C=O) groups is 1. The molecule has 0 spiro atoms. The molecule has 0 unspecified atom stereocenters. The van der Waals surface area contributed by atoms with Crippen LogP contribution in [0.25, 0.3) is 0 Å². The number of benzene rings is 2. The summed E-state index contributed by atoms with van der Waals surface area (Å²) >= 11 is 7.10. The normalized spacial score (nSPS) is 12.0. The van der Waals surface area contributed by atoms with Crippen molar-refractivity contribution in [1.82, 2.24) is 5.32 Å². The monoisotopic (exact) mass is 339 g/mol. The summed E-state index contributed by atoms with van der Waals surface area (Å²) in [4.78, 5) is 13.2. The number of amides is 1. The molecule has 0 radical (unpaired) electrons. The lowest BCUT2D eigenvalue weighted by Gasteiger charge is -2.18. The van der Waals surface area contributed by atoms with Gasteiger partial charge in [-0.05, 0) is 36.1 Å². The molecule has 3 nitrogen and oxygen atoms in total. The summed E-state index contributed by atoms with van der Waals surface area (Å²) in [6, 6.07) is 10.7. The van der Waals surface area contributed by atoms with E-state index in [1.54, 1.807) is 18.2 Å². The Hall–Kier alpha value is -1.56. The van der Waals surface area contributed by atoms with Crippen molar-refractivity contribution in [1.29, 1.82) is 0 Å². The van der Waals surface area contributed by atoms with Crippen molar-refractivity contribution in [2.24, 2.45) is 0 Å². The van der Waals surface area contributed by atoms with Crippen LogP contribution >= 0.6 is 23.4 Å². The summed E-state index contributed by atoms with van der Waals surface area (Å²) in [6.45, 7) is -0.339. The zero-order valence-corrected chi connectivity index (χ0v) is 13.4. The number of aliphatic hydroxyl groups is 1. The molecule has 0 bridgehead atoms. The van der Waals surface area contributed by atoms with Gasteiger partial charge in [0, 0.05) is 4.90 Å². The van der Waals surface area contributed by atoms with Crippen LogP contribution in [0, 0.1) is 5.82 Å². The highest BCUT2D eigenvalue weighted by Crippen LogP contribution is 2.23. The maximum absolute atomic E-state index is 13.5. The van der Waals surface area contributed by atoms with Gasteiger partial charge in [-0.15, -0.1) is 11.8 Å². The van der Waals surface area contributed by atoms with Crippen LogP contribution in [0.1, 0.15) is 22.0 Å².